The van der Waals surface area contributed by atoms with Gasteiger partial charge in [-0.05, 0) is 31.9 Å². The first-order chi connectivity index (χ1) is 12.4. The van der Waals surface area contributed by atoms with Crippen LogP contribution >= 0.6 is 11.8 Å². The van der Waals surface area contributed by atoms with Crippen molar-refractivity contribution in [2.24, 2.45) is 4.99 Å². The molecule has 1 aromatic heterocycles. The average Bonchev–Trinajstić information content (AvgIpc) is 3.07. The average molecular weight is 359 g/mol. The van der Waals surface area contributed by atoms with Crippen LogP contribution < -0.4 is 10.6 Å². The van der Waals surface area contributed by atoms with Crippen LogP contribution in [0.25, 0.3) is 0 Å². The van der Waals surface area contributed by atoms with Crippen LogP contribution in [0.5, 0.6) is 0 Å². The van der Waals surface area contributed by atoms with Crippen molar-refractivity contribution in [1.82, 2.24) is 25.4 Å². The van der Waals surface area contributed by atoms with Crippen LogP contribution in [0.4, 0.5) is 0 Å². The van der Waals surface area contributed by atoms with Gasteiger partial charge in [0.15, 0.2) is 11.8 Å². The molecule has 1 aliphatic heterocycles. The van der Waals surface area contributed by atoms with E-state index in [0.717, 1.165) is 49.4 Å². The number of nitrogens with zero attached hydrogens (tertiary/aromatic N) is 4. The highest BCUT2D eigenvalue weighted by molar-refractivity contribution is 7.99. The van der Waals surface area contributed by atoms with Gasteiger partial charge in [0, 0.05) is 36.7 Å². The highest BCUT2D eigenvalue weighted by Gasteiger charge is 2.15. The summed E-state index contributed by atoms with van der Waals surface area (Å²) in [5.74, 6) is 3.90. The molecule has 25 heavy (non-hydrogen) atoms. The molecule has 0 amide bonds. The van der Waals surface area contributed by atoms with Crippen molar-refractivity contribution in [2.75, 3.05) is 18.8 Å². The Morgan fingerprint density at radius 2 is 2.08 bits per heavy atom. The summed E-state index contributed by atoms with van der Waals surface area (Å²) in [4.78, 5) is 5.96. The number of aliphatic imine (C=N–C) groups is 1. The molecule has 2 heterocycles. The van der Waals surface area contributed by atoms with E-state index >= 15 is 0 Å². The van der Waals surface area contributed by atoms with E-state index in [2.05, 4.69) is 61.6 Å². The van der Waals surface area contributed by atoms with Crippen LogP contribution in [0.1, 0.15) is 31.4 Å². The molecular formula is C18H26N6S. The predicted molar refractivity (Wildman–Crippen MR) is 103 cm³/mol. The molecule has 0 saturated carbocycles. The molecule has 0 radical (unpaired) electrons. The minimum absolute atomic E-state index is 0.564. The quantitative estimate of drug-likeness (QED) is 0.344. The molecule has 6 nitrogen and oxygen atoms in total. The molecule has 0 spiro atoms. The van der Waals surface area contributed by atoms with E-state index < -0.39 is 0 Å². The van der Waals surface area contributed by atoms with Gasteiger partial charge in [-0.2, -0.15) is 0 Å². The fraction of sp³-hybridized carbons (Fsp3) is 0.500. The van der Waals surface area contributed by atoms with Crippen LogP contribution in [0.15, 0.2) is 40.2 Å². The Kier molecular flexibility index (Phi) is 6.73. The lowest BCUT2D eigenvalue weighted by Crippen LogP contribution is -2.38. The molecule has 2 N–H and O–H groups in total. The first kappa shape index (κ1) is 17.8. The van der Waals surface area contributed by atoms with Crippen LogP contribution in [0, 0.1) is 0 Å². The molecular weight excluding hydrogens is 332 g/mol. The van der Waals surface area contributed by atoms with Gasteiger partial charge in [0.25, 0.3) is 0 Å². The molecule has 0 saturated heterocycles. The smallest absolute Gasteiger partial charge is 0.191 e. The third-order valence-corrected chi connectivity index (χ3v) is 5.08. The van der Waals surface area contributed by atoms with Gasteiger partial charge in [0.1, 0.15) is 12.4 Å². The van der Waals surface area contributed by atoms with Crippen molar-refractivity contribution < 1.29 is 0 Å². The lowest BCUT2D eigenvalue weighted by molar-refractivity contribution is 0.508. The van der Waals surface area contributed by atoms with Crippen LogP contribution in [0.2, 0.25) is 0 Å². The molecule has 0 atom stereocenters. The molecule has 0 unspecified atom stereocenters. The highest BCUT2D eigenvalue weighted by atomic mass is 32.2. The van der Waals surface area contributed by atoms with E-state index in [1.54, 1.807) is 0 Å². The second-order valence-electron chi connectivity index (χ2n) is 5.92. The maximum absolute atomic E-state index is 4.67. The van der Waals surface area contributed by atoms with Gasteiger partial charge in [-0.3, -0.25) is 0 Å². The van der Waals surface area contributed by atoms with E-state index in [-0.39, 0.29) is 0 Å². The Bertz CT molecular complexity index is 682. The van der Waals surface area contributed by atoms with E-state index in [1.165, 1.54) is 17.7 Å². The first-order valence-electron chi connectivity index (χ1n) is 8.98. The Morgan fingerprint density at radius 3 is 2.92 bits per heavy atom. The first-order valence-corrected chi connectivity index (χ1v) is 9.96. The number of guanidine groups is 1. The standard InChI is InChI=1S/C18H26N6S/c1-2-19-18(20-11-13-25-15-8-4-3-5-9-15)21-14-17-23-22-16-10-6-7-12-24(16)17/h3-5,8-9H,2,6-7,10-14H2,1H3,(H2,19,20,21). The number of benzene rings is 1. The van der Waals surface area contributed by atoms with Gasteiger partial charge >= 0.3 is 0 Å². The zero-order chi connectivity index (χ0) is 17.3. The lowest BCUT2D eigenvalue weighted by atomic mass is 10.2. The molecule has 0 bridgehead atoms. The summed E-state index contributed by atoms with van der Waals surface area (Å²) in [6, 6.07) is 10.5. The number of aromatic nitrogens is 3. The number of fused-ring (bicyclic) bond motifs is 1. The second-order valence-corrected chi connectivity index (χ2v) is 7.09. The molecule has 134 valence electrons. The number of thioether (sulfide) groups is 1. The number of hydrogen-bond acceptors (Lipinski definition) is 4. The minimum atomic E-state index is 0.564. The third kappa shape index (κ3) is 5.22. The maximum atomic E-state index is 4.67. The minimum Gasteiger partial charge on any atom is -0.357 e. The van der Waals surface area contributed by atoms with Crippen LogP contribution in [-0.4, -0.2) is 39.6 Å². The molecule has 2 aromatic rings. The van der Waals surface area contributed by atoms with Gasteiger partial charge in [-0.1, -0.05) is 18.2 Å². The number of hydrogen-bond donors (Lipinski definition) is 2. The molecule has 1 aromatic carbocycles. The normalized spacial score (nSPS) is 14.2. The summed E-state index contributed by atoms with van der Waals surface area (Å²) in [5.41, 5.74) is 0. The van der Waals surface area contributed by atoms with Gasteiger partial charge in [-0.25, -0.2) is 4.99 Å². The summed E-state index contributed by atoms with van der Waals surface area (Å²) in [7, 11) is 0. The zero-order valence-electron chi connectivity index (χ0n) is 14.7. The fourth-order valence-corrected chi connectivity index (χ4v) is 3.62. The Hall–Kier alpha value is -2.02. The second kappa shape index (κ2) is 9.46. The number of nitrogens with one attached hydrogen (secondary N) is 2. The van der Waals surface area contributed by atoms with Crippen molar-refractivity contribution in [1.29, 1.82) is 0 Å². The van der Waals surface area contributed by atoms with Gasteiger partial charge in [0.2, 0.25) is 0 Å². The lowest BCUT2D eigenvalue weighted by Gasteiger charge is -2.14. The van der Waals surface area contributed by atoms with Gasteiger partial charge in [-0.15, -0.1) is 22.0 Å². The van der Waals surface area contributed by atoms with Gasteiger partial charge < -0.3 is 15.2 Å². The van der Waals surface area contributed by atoms with Crippen molar-refractivity contribution in [2.45, 2.75) is 44.2 Å². The molecule has 1 aliphatic rings. The van der Waals surface area contributed by atoms with Crippen LogP contribution in [0.3, 0.4) is 0 Å². The summed E-state index contributed by atoms with van der Waals surface area (Å²) in [6.45, 7) is 5.37. The van der Waals surface area contributed by atoms with Crippen molar-refractivity contribution in [3.05, 3.63) is 42.0 Å². The zero-order valence-corrected chi connectivity index (χ0v) is 15.6. The van der Waals surface area contributed by atoms with Crippen LogP contribution in [-0.2, 0) is 19.5 Å². The van der Waals surface area contributed by atoms with Crippen molar-refractivity contribution >= 4 is 17.7 Å². The highest BCUT2D eigenvalue weighted by Crippen LogP contribution is 2.16. The third-order valence-electron chi connectivity index (χ3n) is 4.07. The number of rotatable bonds is 7. The van der Waals surface area contributed by atoms with Crippen molar-refractivity contribution in [3.63, 3.8) is 0 Å². The molecule has 3 rings (SSSR count). The fourth-order valence-electron chi connectivity index (χ4n) is 2.83. The van der Waals surface area contributed by atoms with E-state index in [4.69, 9.17) is 0 Å². The summed E-state index contributed by atoms with van der Waals surface area (Å²) >= 11 is 1.84. The largest absolute Gasteiger partial charge is 0.357 e. The summed E-state index contributed by atoms with van der Waals surface area (Å²) in [5, 5.41) is 15.3. The van der Waals surface area contributed by atoms with E-state index in [0.29, 0.717) is 6.54 Å². The SMILES string of the molecule is CCNC(=NCc1nnc2n1CCCC2)NCCSc1ccccc1. The Labute approximate surface area is 153 Å². The molecule has 0 fully saturated rings. The van der Waals surface area contributed by atoms with Gasteiger partial charge in [0.05, 0.1) is 0 Å². The molecule has 7 heteroatoms. The monoisotopic (exact) mass is 358 g/mol. The summed E-state index contributed by atoms with van der Waals surface area (Å²) < 4.78 is 2.22. The van der Waals surface area contributed by atoms with E-state index in [1.807, 2.05) is 17.8 Å². The maximum Gasteiger partial charge on any atom is 0.191 e. The Balaban J connectivity index is 1.50. The van der Waals surface area contributed by atoms with Crippen molar-refractivity contribution in [3.8, 4) is 0 Å². The predicted octanol–water partition coefficient (Wildman–Crippen LogP) is 2.46. The molecule has 0 aliphatic carbocycles. The summed E-state index contributed by atoms with van der Waals surface area (Å²) in [6.07, 6.45) is 3.45. The Morgan fingerprint density at radius 1 is 1.20 bits per heavy atom. The van der Waals surface area contributed by atoms with E-state index in [9.17, 15) is 0 Å². The topological polar surface area (TPSA) is 67.1 Å². The number of aryl methyl sites for hydroxylation is 1.